The van der Waals surface area contributed by atoms with E-state index in [9.17, 15) is 32.7 Å². The molecule has 0 radical (unpaired) electrons. The minimum atomic E-state index is -4.92. The standard InChI is InChI=1S/C20H24F3N7O5/c21-20(22,23)35-10-3-1-2-9(6-10)17(34)27-12-7-26-19(16(12)33)15(28-18(25)29-19)11(24)8-30-13(31)4-5-14(30)32/h1-3,6,11-12,15-16,26,33H,4-5,7-8,24H2,(H,27,34)(H3,25,28,29)/t11?,12?,15?,16-,19-/m1/s1. The Balaban J connectivity index is 1.46. The van der Waals surface area contributed by atoms with Crippen LogP contribution in [0.2, 0.25) is 0 Å². The molecule has 3 aliphatic rings. The SMILES string of the molecule is NC1=NC(C(N)CN2C(=O)CCC2=O)[C@@]2(NCC(NC(=O)c3cccc(OC(F)(F)F)c3)[C@H]2O)N1. The predicted molar refractivity (Wildman–Crippen MR) is 114 cm³/mol. The van der Waals surface area contributed by atoms with Crippen molar-refractivity contribution in [2.24, 2.45) is 16.5 Å². The van der Waals surface area contributed by atoms with Crippen molar-refractivity contribution in [1.82, 2.24) is 20.9 Å². The minimum Gasteiger partial charge on any atom is -0.406 e. The van der Waals surface area contributed by atoms with E-state index in [2.05, 4.69) is 25.7 Å². The van der Waals surface area contributed by atoms with Gasteiger partial charge < -0.3 is 31.9 Å². The summed E-state index contributed by atoms with van der Waals surface area (Å²) in [7, 11) is 0. The van der Waals surface area contributed by atoms with Gasteiger partial charge >= 0.3 is 6.36 Å². The largest absolute Gasteiger partial charge is 0.573 e. The number of rotatable bonds is 6. The quantitative estimate of drug-likeness (QED) is 0.244. The summed E-state index contributed by atoms with van der Waals surface area (Å²) < 4.78 is 41.3. The van der Waals surface area contributed by atoms with Gasteiger partial charge in [0.25, 0.3) is 5.91 Å². The molecular weight excluding hydrogens is 475 g/mol. The molecule has 2 fully saturated rings. The van der Waals surface area contributed by atoms with Crippen molar-refractivity contribution in [3.8, 4) is 5.75 Å². The van der Waals surface area contributed by atoms with Crippen molar-refractivity contribution in [1.29, 1.82) is 0 Å². The number of halogens is 3. The summed E-state index contributed by atoms with van der Waals surface area (Å²) in [6, 6.07) is 1.77. The van der Waals surface area contributed by atoms with Gasteiger partial charge in [-0.15, -0.1) is 13.2 Å². The number of aliphatic hydroxyl groups is 1. The Bertz CT molecular complexity index is 1050. The Morgan fingerprint density at radius 2 is 2.03 bits per heavy atom. The van der Waals surface area contributed by atoms with Crippen LogP contribution in [0.15, 0.2) is 29.3 Å². The number of likely N-dealkylation sites (tertiary alicyclic amines) is 1. The van der Waals surface area contributed by atoms with E-state index in [-0.39, 0.29) is 49.3 Å². The second kappa shape index (κ2) is 8.98. The molecule has 3 aliphatic heterocycles. The Kier molecular flexibility index (Phi) is 6.33. The summed E-state index contributed by atoms with van der Waals surface area (Å²) in [5.41, 5.74) is 10.6. The molecule has 1 aromatic carbocycles. The van der Waals surface area contributed by atoms with Crippen LogP contribution >= 0.6 is 0 Å². The van der Waals surface area contributed by atoms with Gasteiger partial charge in [0.15, 0.2) is 5.96 Å². The highest BCUT2D eigenvalue weighted by atomic mass is 19.4. The number of guanidine groups is 1. The van der Waals surface area contributed by atoms with Crippen molar-refractivity contribution in [3.05, 3.63) is 29.8 Å². The fourth-order valence-electron chi connectivity index (χ4n) is 4.57. The number of alkyl halides is 3. The number of imide groups is 1. The van der Waals surface area contributed by atoms with Gasteiger partial charge in [-0.25, -0.2) is 4.99 Å². The molecule has 0 aromatic heterocycles. The number of nitrogens with zero attached hydrogens (tertiary/aromatic N) is 2. The fraction of sp³-hybridized carbons (Fsp3) is 0.500. The van der Waals surface area contributed by atoms with Gasteiger partial charge in [0.05, 0.1) is 6.04 Å². The second-order valence-electron chi connectivity index (χ2n) is 8.50. The highest BCUT2D eigenvalue weighted by Gasteiger charge is 2.58. The number of benzene rings is 1. The highest BCUT2D eigenvalue weighted by Crippen LogP contribution is 2.30. The van der Waals surface area contributed by atoms with Gasteiger partial charge in [-0.1, -0.05) is 6.07 Å². The van der Waals surface area contributed by atoms with Crippen molar-refractivity contribution in [2.45, 2.75) is 49.1 Å². The third-order valence-electron chi connectivity index (χ3n) is 6.14. The molecule has 15 heteroatoms. The first-order chi connectivity index (χ1) is 16.4. The second-order valence-corrected chi connectivity index (χ2v) is 8.50. The number of nitrogens with one attached hydrogen (secondary N) is 3. The number of amides is 3. The fourth-order valence-corrected chi connectivity index (χ4v) is 4.57. The van der Waals surface area contributed by atoms with E-state index in [4.69, 9.17) is 11.5 Å². The normalized spacial score (nSPS) is 29.3. The predicted octanol–water partition coefficient (Wildman–Crippen LogP) is -1.89. The number of ether oxygens (including phenoxy) is 1. The number of hydrogen-bond acceptors (Lipinski definition) is 10. The molecule has 8 N–H and O–H groups in total. The Labute approximate surface area is 196 Å². The average Bonchev–Trinajstić information content (AvgIpc) is 3.39. The van der Waals surface area contributed by atoms with Gasteiger partial charge in [-0.05, 0) is 18.2 Å². The van der Waals surface area contributed by atoms with E-state index in [1.807, 2.05) is 0 Å². The maximum absolute atomic E-state index is 12.7. The maximum Gasteiger partial charge on any atom is 0.573 e. The lowest BCUT2D eigenvalue weighted by molar-refractivity contribution is -0.274. The molecule has 0 bridgehead atoms. The number of aliphatic imine (C=N–C) groups is 1. The van der Waals surface area contributed by atoms with E-state index < -0.39 is 47.9 Å². The Morgan fingerprint density at radius 1 is 1.34 bits per heavy atom. The van der Waals surface area contributed by atoms with Crippen molar-refractivity contribution < 1.29 is 37.4 Å². The number of hydrogen-bond donors (Lipinski definition) is 6. The smallest absolute Gasteiger partial charge is 0.406 e. The van der Waals surface area contributed by atoms with Crippen LogP contribution < -0.4 is 32.2 Å². The van der Waals surface area contributed by atoms with Crippen LogP contribution in [0.1, 0.15) is 23.2 Å². The summed E-state index contributed by atoms with van der Waals surface area (Å²) in [6.07, 6.45) is -6.07. The molecule has 3 heterocycles. The molecule has 190 valence electrons. The van der Waals surface area contributed by atoms with Crippen LogP contribution in [-0.4, -0.2) is 83.0 Å². The van der Waals surface area contributed by atoms with E-state index in [1.54, 1.807) is 0 Å². The summed E-state index contributed by atoms with van der Waals surface area (Å²) in [6.45, 7) is -0.105. The number of carbonyl (C=O) groups excluding carboxylic acids is 3. The van der Waals surface area contributed by atoms with Crippen LogP contribution in [0.25, 0.3) is 0 Å². The summed E-state index contributed by atoms with van der Waals surface area (Å²) in [4.78, 5) is 41.9. The summed E-state index contributed by atoms with van der Waals surface area (Å²) in [5.74, 6) is -2.07. The Morgan fingerprint density at radius 3 is 2.69 bits per heavy atom. The van der Waals surface area contributed by atoms with Gasteiger partial charge in [0, 0.05) is 37.5 Å². The lowest BCUT2D eigenvalue weighted by atomic mass is 9.89. The Hall–Kier alpha value is -3.43. The van der Waals surface area contributed by atoms with E-state index in [0.717, 1.165) is 17.0 Å². The number of carbonyl (C=O) groups is 3. The maximum atomic E-state index is 12.7. The van der Waals surface area contributed by atoms with E-state index in [0.29, 0.717) is 0 Å². The van der Waals surface area contributed by atoms with Gasteiger partial charge in [-0.2, -0.15) is 0 Å². The molecule has 1 spiro atoms. The van der Waals surface area contributed by atoms with Crippen LogP contribution in [0.4, 0.5) is 13.2 Å². The first kappa shape index (κ1) is 24.7. The number of nitrogens with two attached hydrogens (primary N) is 2. The van der Waals surface area contributed by atoms with Gasteiger partial charge in [-0.3, -0.25) is 24.6 Å². The third-order valence-corrected chi connectivity index (χ3v) is 6.14. The molecule has 0 saturated carbocycles. The van der Waals surface area contributed by atoms with Crippen molar-refractivity contribution >= 4 is 23.7 Å². The zero-order valence-electron chi connectivity index (χ0n) is 18.2. The minimum absolute atomic E-state index is 0.0340. The lowest BCUT2D eigenvalue weighted by Crippen LogP contribution is -2.70. The van der Waals surface area contributed by atoms with Gasteiger partial charge in [0.1, 0.15) is 23.6 Å². The summed E-state index contributed by atoms with van der Waals surface area (Å²) in [5, 5.41) is 19.5. The van der Waals surface area contributed by atoms with Gasteiger partial charge in [0.2, 0.25) is 11.8 Å². The van der Waals surface area contributed by atoms with Crippen LogP contribution in [0, 0.1) is 0 Å². The highest BCUT2D eigenvalue weighted by molar-refractivity contribution is 6.02. The van der Waals surface area contributed by atoms with Crippen molar-refractivity contribution in [2.75, 3.05) is 13.1 Å². The molecule has 3 unspecified atom stereocenters. The number of aliphatic hydroxyl groups excluding tert-OH is 1. The summed E-state index contributed by atoms with van der Waals surface area (Å²) >= 11 is 0. The average molecular weight is 499 g/mol. The monoisotopic (exact) mass is 499 g/mol. The first-order valence-electron chi connectivity index (χ1n) is 10.7. The van der Waals surface area contributed by atoms with Crippen LogP contribution in [-0.2, 0) is 9.59 Å². The molecular formula is C20H24F3N7O5. The molecule has 4 rings (SSSR count). The molecule has 5 atom stereocenters. The lowest BCUT2D eigenvalue weighted by Gasteiger charge is -2.38. The molecule has 0 aliphatic carbocycles. The van der Waals surface area contributed by atoms with E-state index in [1.165, 1.54) is 12.1 Å². The molecule has 3 amide bonds. The molecule has 1 aromatic rings. The molecule has 2 saturated heterocycles. The van der Waals surface area contributed by atoms with Crippen LogP contribution in [0.3, 0.4) is 0 Å². The van der Waals surface area contributed by atoms with Crippen LogP contribution in [0.5, 0.6) is 5.75 Å². The molecule has 12 nitrogen and oxygen atoms in total. The topological polar surface area (TPSA) is 184 Å². The zero-order chi connectivity index (χ0) is 25.5. The third kappa shape index (κ3) is 4.87. The molecule has 35 heavy (non-hydrogen) atoms. The van der Waals surface area contributed by atoms with Crippen molar-refractivity contribution in [3.63, 3.8) is 0 Å². The van der Waals surface area contributed by atoms with E-state index >= 15 is 0 Å². The first-order valence-corrected chi connectivity index (χ1v) is 10.7. The zero-order valence-corrected chi connectivity index (χ0v) is 18.2.